The van der Waals surface area contributed by atoms with Gasteiger partial charge in [-0.2, -0.15) is 0 Å². The van der Waals surface area contributed by atoms with Crippen LogP contribution >= 0.6 is 0 Å². The van der Waals surface area contributed by atoms with Gasteiger partial charge >= 0.3 is 0 Å². The number of imidazole rings is 1. The fraction of sp³-hybridized carbons (Fsp3) is 0.409. The molecule has 1 atom stereocenters. The minimum Gasteiger partial charge on any atom is -0.497 e. The predicted octanol–water partition coefficient (Wildman–Crippen LogP) is 3.26. The summed E-state index contributed by atoms with van der Waals surface area (Å²) in [4.78, 5) is 6.74. The van der Waals surface area contributed by atoms with E-state index in [1.807, 2.05) is 18.6 Å². The molecular weight excluding hydrogens is 354 g/mol. The minimum atomic E-state index is 0.0793. The molecule has 0 bridgehead atoms. The van der Waals surface area contributed by atoms with E-state index in [4.69, 9.17) is 14.2 Å². The SMILES string of the molecule is COCCn1cncc1CN1CCO[C@@H](c2ccc3cc(OC)ccc3c2)C1. The summed E-state index contributed by atoms with van der Waals surface area (Å²) >= 11 is 0. The Balaban J connectivity index is 1.46. The maximum Gasteiger partial charge on any atom is 0.119 e. The fourth-order valence-electron chi connectivity index (χ4n) is 3.72. The smallest absolute Gasteiger partial charge is 0.119 e. The van der Waals surface area contributed by atoms with Crippen molar-refractivity contribution in [3.63, 3.8) is 0 Å². The average molecular weight is 381 g/mol. The van der Waals surface area contributed by atoms with Gasteiger partial charge in [0.05, 0.1) is 38.4 Å². The lowest BCUT2D eigenvalue weighted by Gasteiger charge is -2.33. The Morgan fingerprint density at radius 3 is 2.86 bits per heavy atom. The molecule has 2 heterocycles. The van der Waals surface area contributed by atoms with E-state index in [0.29, 0.717) is 6.61 Å². The first-order valence-corrected chi connectivity index (χ1v) is 9.66. The van der Waals surface area contributed by atoms with Crippen LogP contribution in [0, 0.1) is 0 Å². The lowest BCUT2D eigenvalue weighted by atomic mass is 10.0. The number of morpholine rings is 1. The van der Waals surface area contributed by atoms with Crippen molar-refractivity contribution in [1.29, 1.82) is 0 Å². The number of hydrogen-bond acceptors (Lipinski definition) is 5. The van der Waals surface area contributed by atoms with Gasteiger partial charge in [-0.25, -0.2) is 4.98 Å². The van der Waals surface area contributed by atoms with Crippen LogP contribution in [-0.4, -0.2) is 55.0 Å². The zero-order valence-electron chi connectivity index (χ0n) is 16.5. The van der Waals surface area contributed by atoms with E-state index in [0.717, 1.165) is 38.5 Å². The van der Waals surface area contributed by atoms with Gasteiger partial charge in [0.25, 0.3) is 0 Å². The van der Waals surface area contributed by atoms with Crippen molar-refractivity contribution in [3.05, 3.63) is 60.2 Å². The van der Waals surface area contributed by atoms with Crippen molar-refractivity contribution in [1.82, 2.24) is 14.5 Å². The third kappa shape index (κ3) is 4.19. The molecule has 28 heavy (non-hydrogen) atoms. The maximum atomic E-state index is 6.09. The van der Waals surface area contributed by atoms with Crippen molar-refractivity contribution >= 4 is 10.8 Å². The topological polar surface area (TPSA) is 48.8 Å². The van der Waals surface area contributed by atoms with Crippen LogP contribution in [0.4, 0.5) is 0 Å². The molecule has 0 spiro atoms. The van der Waals surface area contributed by atoms with E-state index in [2.05, 4.69) is 44.8 Å². The first-order valence-electron chi connectivity index (χ1n) is 9.66. The summed E-state index contributed by atoms with van der Waals surface area (Å²) in [6, 6.07) is 12.7. The second kappa shape index (κ2) is 8.73. The van der Waals surface area contributed by atoms with Crippen LogP contribution in [0.2, 0.25) is 0 Å². The molecule has 0 saturated carbocycles. The number of methoxy groups -OCH3 is 2. The molecular formula is C22H27N3O3. The first-order chi connectivity index (χ1) is 13.8. The van der Waals surface area contributed by atoms with E-state index >= 15 is 0 Å². The predicted molar refractivity (Wildman–Crippen MR) is 109 cm³/mol. The molecule has 0 radical (unpaired) electrons. The molecule has 1 aliphatic heterocycles. The summed E-state index contributed by atoms with van der Waals surface area (Å²) < 4.78 is 18.8. The molecule has 0 aliphatic carbocycles. The molecule has 1 aromatic heterocycles. The maximum absolute atomic E-state index is 6.09. The molecule has 148 valence electrons. The van der Waals surface area contributed by atoms with Crippen LogP contribution in [-0.2, 0) is 22.6 Å². The average Bonchev–Trinajstić information content (AvgIpc) is 3.18. The molecule has 4 rings (SSSR count). The summed E-state index contributed by atoms with van der Waals surface area (Å²) in [5, 5.41) is 2.38. The van der Waals surface area contributed by atoms with Gasteiger partial charge in [-0.05, 0) is 34.5 Å². The summed E-state index contributed by atoms with van der Waals surface area (Å²) in [7, 11) is 3.42. The van der Waals surface area contributed by atoms with Crippen molar-refractivity contribution in [2.75, 3.05) is 40.5 Å². The van der Waals surface area contributed by atoms with Crippen LogP contribution in [0.25, 0.3) is 10.8 Å². The van der Waals surface area contributed by atoms with Crippen LogP contribution in [0.3, 0.4) is 0 Å². The number of benzene rings is 2. The molecule has 0 amide bonds. The second-order valence-corrected chi connectivity index (χ2v) is 7.14. The van der Waals surface area contributed by atoms with E-state index in [9.17, 15) is 0 Å². The van der Waals surface area contributed by atoms with Gasteiger partial charge < -0.3 is 18.8 Å². The first kappa shape index (κ1) is 18.9. The summed E-state index contributed by atoms with van der Waals surface area (Å²) in [5.41, 5.74) is 2.43. The Kier molecular flexibility index (Phi) is 5.90. The lowest BCUT2D eigenvalue weighted by Crippen LogP contribution is -2.38. The number of fused-ring (bicyclic) bond motifs is 1. The molecule has 6 heteroatoms. The van der Waals surface area contributed by atoms with Crippen molar-refractivity contribution in [2.24, 2.45) is 0 Å². The van der Waals surface area contributed by atoms with Gasteiger partial charge in [0.1, 0.15) is 5.75 Å². The molecule has 3 aromatic rings. The van der Waals surface area contributed by atoms with Crippen LogP contribution in [0.1, 0.15) is 17.4 Å². The van der Waals surface area contributed by atoms with E-state index in [1.54, 1.807) is 14.2 Å². The lowest BCUT2D eigenvalue weighted by molar-refractivity contribution is -0.0335. The molecule has 2 aromatic carbocycles. The van der Waals surface area contributed by atoms with E-state index in [1.165, 1.54) is 22.0 Å². The van der Waals surface area contributed by atoms with Gasteiger partial charge in [0.15, 0.2) is 0 Å². The van der Waals surface area contributed by atoms with Crippen LogP contribution in [0.15, 0.2) is 48.9 Å². The third-order valence-electron chi connectivity index (χ3n) is 5.31. The van der Waals surface area contributed by atoms with Crippen LogP contribution < -0.4 is 4.74 Å². The number of hydrogen-bond donors (Lipinski definition) is 0. The Morgan fingerprint density at radius 1 is 1.14 bits per heavy atom. The Bertz CT molecular complexity index is 924. The highest BCUT2D eigenvalue weighted by molar-refractivity contribution is 5.84. The second-order valence-electron chi connectivity index (χ2n) is 7.14. The van der Waals surface area contributed by atoms with Gasteiger partial charge in [-0.15, -0.1) is 0 Å². The van der Waals surface area contributed by atoms with Gasteiger partial charge in [0, 0.05) is 39.5 Å². The van der Waals surface area contributed by atoms with Gasteiger partial charge in [0.2, 0.25) is 0 Å². The Morgan fingerprint density at radius 2 is 2.00 bits per heavy atom. The third-order valence-corrected chi connectivity index (χ3v) is 5.31. The number of aromatic nitrogens is 2. The van der Waals surface area contributed by atoms with Gasteiger partial charge in [-0.1, -0.05) is 18.2 Å². The number of rotatable bonds is 7. The molecule has 1 aliphatic rings. The highest BCUT2D eigenvalue weighted by Gasteiger charge is 2.23. The molecule has 6 nitrogen and oxygen atoms in total. The highest BCUT2D eigenvalue weighted by atomic mass is 16.5. The van der Waals surface area contributed by atoms with E-state index < -0.39 is 0 Å². The standard InChI is InChI=1S/C22H27N3O3/c1-26-9-8-25-16-23-13-20(25)14-24-7-10-28-22(15-24)19-4-3-18-12-21(27-2)6-5-17(18)11-19/h3-6,11-13,16,22H,7-10,14-15H2,1-2H3/t22-/m1/s1. The fourth-order valence-corrected chi connectivity index (χ4v) is 3.72. The summed E-state index contributed by atoms with van der Waals surface area (Å²) in [5.74, 6) is 0.880. The molecule has 1 saturated heterocycles. The highest BCUT2D eigenvalue weighted by Crippen LogP contribution is 2.28. The van der Waals surface area contributed by atoms with E-state index in [-0.39, 0.29) is 6.10 Å². The Hall–Kier alpha value is -2.41. The zero-order valence-corrected chi connectivity index (χ0v) is 16.5. The normalized spacial score (nSPS) is 17.9. The largest absolute Gasteiger partial charge is 0.497 e. The number of ether oxygens (including phenoxy) is 3. The quantitative estimate of drug-likeness (QED) is 0.629. The summed E-state index contributed by atoms with van der Waals surface area (Å²) in [6.45, 7) is 4.92. The minimum absolute atomic E-state index is 0.0793. The Labute approximate surface area is 165 Å². The van der Waals surface area contributed by atoms with Crippen molar-refractivity contribution in [3.8, 4) is 5.75 Å². The number of nitrogens with zero attached hydrogens (tertiary/aromatic N) is 3. The van der Waals surface area contributed by atoms with Crippen LogP contribution in [0.5, 0.6) is 5.75 Å². The molecule has 1 fully saturated rings. The molecule has 0 unspecified atom stereocenters. The monoisotopic (exact) mass is 381 g/mol. The zero-order chi connectivity index (χ0) is 19.3. The van der Waals surface area contributed by atoms with Crippen molar-refractivity contribution in [2.45, 2.75) is 19.2 Å². The van der Waals surface area contributed by atoms with Crippen molar-refractivity contribution < 1.29 is 14.2 Å². The van der Waals surface area contributed by atoms with Gasteiger partial charge in [-0.3, -0.25) is 4.90 Å². The molecule has 0 N–H and O–H groups in total. The summed E-state index contributed by atoms with van der Waals surface area (Å²) in [6.07, 6.45) is 3.91.